The second kappa shape index (κ2) is 4.14. The van der Waals surface area contributed by atoms with E-state index in [-0.39, 0.29) is 0 Å². The van der Waals surface area contributed by atoms with E-state index in [4.69, 9.17) is 4.74 Å². The van der Waals surface area contributed by atoms with Crippen molar-refractivity contribution in [3.05, 3.63) is 71.8 Å². The molecule has 116 valence electrons. The highest BCUT2D eigenvalue weighted by molar-refractivity contribution is 6.37. The number of hydrogen-bond donors (Lipinski definition) is 0. The molecule has 0 aromatic heterocycles. The predicted molar refractivity (Wildman–Crippen MR) is 97.4 cm³/mol. The monoisotopic (exact) mass is 322 g/mol. The maximum Gasteiger partial charge on any atom is 0.347 e. The van der Waals surface area contributed by atoms with Gasteiger partial charge in [-0.3, -0.25) is 0 Å². The molecule has 0 amide bonds. The molecule has 1 aliphatic rings. The number of hydrogen-bond acceptors (Lipinski definition) is 3. The SMILES string of the molecule is O=C1OC(=O)c2c3ccc4cccc5ccc(c6cccc1c26)c3c45. The average Bonchev–Trinajstić information content (AvgIpc) is 2.64. The van der Waals surface area contributed by atoms with Crippen molar-refractivity contribution in [1.82, 2.24) is 0 Å². The molecule has 1 heterocycles. The number of benzene rings is 5. The van der Waals surface area contributed by atoms with Gasteiger partial charge in [-0.05, 0) is 43.8 Å². The number of fused-ring (bicyclic) bond motifs is 2. The second-order valence-electron chi connectivity index (χ2n) is 6.46. The molecule has 5 aromatic rings. The van der Waals surface area contributed by atoms with E-state index in [1.165, 1.54) is 0 Å². The summed E-state index contributed by atoms with van der Waals surface area (Å²) in [5, 5.41) is 8.00. The lowest BCUT2D eigenvalue weighted by Crippen LogP contribution is -2.20. The van der Waals surface area contributed by atoms with Gasteiger partial charge in [0.15, 0.2) is 0 Å². The van der Waals surface area contributed by atoms with Crippen molar-refractivity contribution in [2.45, 2.75) is 0 Å². The third-order valence-corrected chi connectivity index (χ3v) is 5.26. The van der Waals surface area contributed by atoms with E-state index < -0.39 is 11.9 Å². The van der Waals surface area contributed by atoms with Crippen LogP contribution < -0.4 is 0 Å². The minimum absolute atomic E-state index is 0.456. The molecule has 0 spiro atoms. The third kappa shape index (κ3) is 1.42. The molecular weight excluding hydrogens is 312 g/mol. The Morgan fingerprint density at radius 2 is 1.24 bits per heavy atom. The lowest BCUT2D eigenvalue weighted by Gasteiger charge is -2.20. The molecule has 0 N–H and O–H groups in total. The minimum atomic E-state index is -0.573. The van der Waals surface area contributed by atoms with Gasteiger partial charge in [-0.2, -0.15) is 0 Å². The molecule has 0 saturated carbocycles. The van der Waals surface area contributed by atoms with Gasteiger partial charge in [0, 0.05) is 5.39 Å². The van der Waals surface area contributed by atoms with Crippen molar-refractivity contribution in [1.29, 1.82) is 0 Å². The van der Waals surface area contributed by atoms with Crippen molar-refractivity contribution >= 4 is 55.0 Å². The molecule has 0 unspecified atom stereocenters. The zero-order valence-electron chi connectivity index (χ0n) is 13.0. The van der Waals surface area contributed by atoms with E-state index >= 15 is 0 Å². The van der Waals surface area contributed by atoms with Crippen LogP contribution in [0.4, 0.5) is 0 Å². The number of cyclic esters (lactones) is 2. The molecule has 0 saturated heterocycles. The normalized spacial score (nSPS) is 14.1. The van der Waals surface area contributed by atoms with Crippen LogP contribution in [0.1, 0.15) is 20.7 Å². The van der Waals surface area contributed by atoms with Crippen LogP contribution >= 0.6 is 0 Å². The first kappa shape index (κ1) is 12.9. The summed E-state index contributed by atoms with van der Waals surface area (Å²) in [5.74, 6) is -1.14. The van der Waals surface area contributed by atoms with Crippen LogP contribution in [-0.2, 0) is 4.74 Å². The van der Waals surface area contributed by atoms with Gasteiger partial charge in [-0.1, -0.05) is 54.6 Å². The fourth-order valence-electron chi connectivity index (χ4n) is 4.27. The van der Waals surface area contributed by atoms with Crippen LogP contribution in [0.5, 0.6) is 0 Å². The van der Waals surface area contributed by atoms with Crippen LogP contribution in [0.3, 0.4) is 0 Å². The molecular formula is C22H10O3. The van der Waals surface area contributed by atoms with Crippen molar-refractivity contribution in [2.24, 2.45) is 0 Å². The Morgan fingerprint density at radius 3 is 2.04 bits per heavy atom. The molecule has 25 heavy (non-hydrogen) atoms. The van der Waals surface area contributed by atoms with Gasteiger partial charge >= 0.3 is 11.9 Å². The lowest BCUT2D eigenvalue weighted by molar-refractivity contribution is 0.0393. The zero-order chi connectivity index (χ0) is 16.7. The molecule has 0 fully saturated rings. The quantitative estimate of drug-likeness (QED) is 0.173. The van der Waals surface area contributed by atoms with E-state index in [2.05, 4.69) is 24.3 Å². The first-order chi connectivity index (χ1) is 12.2. The molecule has 3 heteroatoms. The summed E-state index contributed by atoms with van der Waals surface area (Å²) in [4.78, 5) is 24.8. The van der Waals surface area contributed by atoms with Gasteiger partial charge in [0.2, 0.25) is 0 Å². The van der Waals surface area contributed by atoms with Crippen molar-refractivity contribution in [2.75, 3.05) is 0 Å². The van der Waals surface area contributed by atoms with E-state index in [0.717, 1.165) is 37.7 Å². The summed E-state index contributed by atoms with van der Waals surface area (Å²) in [6, 6.07) is 19.9. The molecule has 0 atom stereocenters. The van der Waals surface area contributed by atoms with Gasteiger partial charge in [0.05, 0.1) is 11.1 Å². The first-order valence-electron chi connectivity index (χ1n) is 8.13. The van der Waals surface area contributed by atoms with E-state index in [1.807, 2.05) is 30.3 Å². The van der Waals surface area contributed by atoms with E-state index in [1.54, 1.807) is 6.07 Å². The Hall–Kier alpha value is -3.46. The Balaban J connectivity index is 2.05. The first-order valence-corrected chi connectivity index (χ1v) is 8.13. The van der Waals surface area contributed by atoms with Crippen LogP contribution in [-0.4, -0.2) is 11.9 Å². The van der Waals surface area contributed by atoms with Crippen LogP contribution in [0, 0.1) is 0 Å². The van der Waals surface area contributed by atoms with Gasteiger partial charge in [0.25, 0.3) is 0 Å². The smallest absolute Gasteiger partial charge is 0.347 e. The highest BCUT2D eigenvalue weighted by Gasteiger charge is 2.30. The Morgan fingerprint density at radius 1 is 0.560 bits per heavy atom. The van der Waals surface area contributed by atoms with Crippen LogP contribution in [0.15, 0.2) is 60.7 Å². The topological polar surface area (TPSA) is 43.4 Å². The summed E-state index contributed by atoms with van der Waals surface area (Å²) in [7, 11) is 0. The molecule has 6 rings (SSSR count). The Kier molecular flexibility index (Phi) is 2.13. The predicted octanol–water partition coefficient (Wildman–Crippen LogP) is 5.05. The zero-order valence-corrected chi connectivity index (χ0v) is 13.0. The van der Waals surface area contributed by atoms with Crippen molar-refractivity contribution in [3.8, 4) is 0 Å². The Labute approximate surface area is 141 Å². The maximum atomic E-state index is 12.6. The lowest BCUT2D eigenvalue weighted by atomic mass is 9.85. The number of rotatable bonds is 0. The van der Waals surface area contributed by atoms with Crippen molar-refractivity contribution < 1.29 is 14.3 Å². The third-order valence-electron chi connectivity index (χ3n) is 5.26. The van der Waals surface area contributed by atoms with Gasteiger partial charge in [-0.25, -0.2) is 9.59 Å². The fraction of sp³-hybridized carbons (Fsp3) is 0. The molecule has 1 aliphatic heterocycles. The second-order valence-corrected chi connectivity index (χ2v) is 6.46. The number of carbonyl (C=O) groups excluding carboxylic acids is 2. The molecule has 5 aromatic carbocycles. The number of ether oxygens (including phenoxy) is 1. The van der Waals surface area contributed by atoms with Gasteiger partial charge < -0.3 is 4.74 Å². The largest absolute Gasteiger partial charge is 0.386 e. The summed E-state index contributed by atoms with van der Waals surface area (Å²) >= 11 is 0. The summed E-state index contributed by atoms with van der Waals surface area (Å²) in [6.07, 6.45) is 0. The average molecular weight is 322 g/mol. The minimum Gasteiger partial charge on any atom is -0.386 e. The van der Waals surface area contributed by atoms with E-state index in [0.29, 0.717) is 16.5 Å². The summed E-state index contributed by atoms with van der Waals surface area (Å²) < 4.78 is 5.02. The van der Waals surface area contributed by atoms with Gasteiger partial charge in [0.1, 0.15) is 0 Å². The maximum absolute atomic E-state index is 12.6. The highest BCUT2D eigenvalue weighted by atomic mass is 16.6. The molecule has 3 nitrogen and oxygen atoms in total. The fourth-order valence-corrected chi connectivity index (χ4v) is 4.27. The number of carbonyl (C=O) groups is 2. The molecule has 0 radical (unpaired) electrons. The summed E-state index contributed by atoms with van der Waals surface area (Å²) in [6.45, 7) is 0. The standard InChI is InChI=1S/C22H10O3/c23-21-16-6-2-5-13-14-9-7-11-3-1-4-12-8-10-15(18(14)17(11)12)20(19(13)16)22(24)25-21/h1-10H. The molecule has 0 bridgehead atoms. The van der Waals surface area contributed by atoms with Gasteiger partial charge in [-0.15, -0.1) is 0 Å². The van der Waals surface area contributed by atoms with Crippen LogP contribution in [0.25, 0.3) is 43.1 Å². The van der Waals surface area contributed by atoms with Crippen molar-refractivity contribution in [3.63, 3.8) is 0 Å². The van der Waals surface area contributed by atoms with Crippen LogP contribution in [0.2, 0.25) is 0 Å². The Bertz CT molecular complexity index is 1380. The van der Waals surface area contributed by atoms with E-state index in [9.17, 15) is 9.59 Å². The number of esters is 2. The molecule has 0 aliphatic carbocycles. The highest BCUT2D eigenvalue weighted by Crippen LogP contribution is 2.43. The summed E-state index contributed by atoms with van der Waals surface area (Å²) in [5.41, 5.74) is 0.952.